The summed E-state index contributed by atoms with van der Waals surface area (Å²) in [5, 5.41) is 21.8. The molecule has 9 aromatic carbocycles. The van der Waals surface area contributed by atoms with E-state index in [9.17, 15) is 5.26 Å². The highest BCUT2D eigenvalue weighted by molar-refractivity contribution is 6.27. The van der Waals surface area contributed by atoms with Gasteiger partial charge in [0.05, 0.1) is 11.6 Å². The largest absolute Gasteiger partial charge is 0.456 e. The van der Waals surface area contributed by atoms with Crippen molar-refractivity contribution in [2.75, 3.05) is 0 Å². The van der Waals surface area contributed by atoms with Crippen LogP contribution in [0.5, 0.6) is 11.5 Å². The molecule has 206 valence electrons. The molecular formula is C43H23NO. The molecule has 0 saturated heterocycles. The minimum atomic E-state index is 0.661. The van der Waals surface area contributed by atoms with Crippen molar-refractivity contribution in [1.29, 1.82) is 5.26 Å². The van der Waals surface area contributed by atoms with Crippen LogP contribution in [0, 0.1) is 11.3 Å². The molecule has 0 atom stereocenters. The molecule has 45 heavy (non-hydrogen) atoms. The van der Waals surface area contributed by atoms with Gasteiger partial charge in [-0.25, -0.2) is 0 Å². The summed E-state index contributed by atoms with van der Waals surface area (Å²) in [6, 6.07) is 52.2. The van der Waals surface area contributed by atoms with Crippen molar-refractivity contribution in [2.45, 2.75) is 0 Å². The van der Waals surface area contributed by atoms with Crippen LogP contribution in [0.2, 0.25) is 0 Å². The van der Waals surface area contributed by atoms with E-state index >= 15 is 0 Å². The highest BCUT2D eigenvalue weighted by atomic mass is 16.5. The summed E-state index contributed by atoms with van der Waals surface area (Å²) in [7, 11) is 0. The number of benzene rings is 9. The van der Waals surface area contributed by atoms with E-state index in [1.807, 2.05) is 24.3 Å². The first-order valence-corrected chi connectivity index (χ1v) is 15.2. The van der Waals surface area contributed by atoms with Crippen LogP contribution in [0.15, 0.2) is 140 Å². The Morgan fingerprint density at radius 2 is 1.04 bits per heavy atom. The minimum absolute atomic E-state index is 0.661. The van der Waals surface area contributed by atoms with Gasteiger partial charge >= 0.3 is 0 Å². The van der Waals surface area contributed by atoms with Crippen LogP contribution in [-0.2, 0) is 0 Å². The third kappa shape index (κ3) is 3.38. The van der Waals surface area contributed by atoms with Crippen LogP contribution in [0.1, 0.15) is 5.56 Å². The van der Waals surface area contributed by atoms with Crippen molar-refractivity contribution in [2.24, 2.45) is 0 Å². The van der Waals surface area contributed by atoms with Crippen molar-refractivity contribution in [3.05, 3.63) is 145 Å². The molecule has 1 aliphatic heterocycles. The monoisotopic (exact) mass is 569 g/mol. The van der Waals surface area contributed by atoms with E-state index < -0.39 is 0 Å². The zero-order chi connectivity index (χ0) is 29.6. The summed E-state index contributed by atoms with van der Waals surface area (Å²) in [5.41, 5.74) is 7.62. The lowest BCUT2D eigenvalue weighted by atomic mass is 9.86. The third-order valence-electron chi connectivity index (χ3n) is 9.65. The van der Waals surface area contributed by atoms with Crippen LogP contribution in [-0.4, -0.2) is 0 Å². The molecule has 10 rings (SSSR count). The normalized spacial score (nSPS) is 12.2. The standard InChI is InChI=1S/C43H23NO/c44-24-31-15-21-40-43-34(31)6-3-7-35(43)38-23-30(14-20-39(38)45-40)33-17-11-27-12-18-36-32(16-10-26-13-19-37(33)42(27)41(26)36)29-9-8-25-4-1-2-5-28(25)22-29/h1-23H. The molecule has 0 fully saturated rings. The Bertz CT molecular complexity index is 2750. The Morgan fingerprint density at radius 3 is 1.80 bits per heavy atom. The zero-order valence-corrected chi connectivity index (χ0v) is 24.1. The third-order valence-corrected chi connectivity index (χ3v) is 9.65. The second-order valence-electron chi connectivity index (χ2n) is 12.0. The summed E-state index contributed by atoms with van der Waals surface area (Å²) in [6.45, 7) is 0. The second-order valence-corrected chi connectivity index (χ2v) is 12.0. The van der Waals surface area contributed by atoms with Crippen LogP contribution in [0.25, 0.3) is 87.2 Å². The molecule has 0 bridgehead atoms. The van der Waals surface area contributed by atoms with Gasteiger partial charge in [0.2, 0.25) is 0 Å². The van der Waals surface area contributed by atoms with Crippen molar-refractivity contribution < 1.29 is 4.74 Å². The SMILES string of the molecule is N#Cc1ccc2c3c(cccc13)-c1cc(-c3ccc4ccc5c(-c6ccc7ccccc7c6)ccc6ccc3c4c65)ccc1O2. The maximum absolute atomic E-state index is 9.75. The predicted octanol–water partition coefficient (Wildman–Crippen LogP) is 11.9. The van der Waals surface area contributed by atoms with Crippen LogP contribution >= 0.6 is 0 Å². The van der Waals surface area contributed by atoms with Gasteiger partial charge in [0.15, 0.2) is 0 Å². The molecule has 0 saturated carbocycles. The van der Waals surface area contributed by atoms with E-state index in [1.165, 1.54) is 59.8 Å². The lowest BCUT2D eigenvalue weighted by Crippen LogP contribution is -1.98. The van der Waals surface area contributed by atoms with Crippen molar-refractivity contribution >= 4 is 53.9 Å². The first-order valence-electron chi connectivity index (χ1n) is 15.2. The van der Waals surface area contributed by atoms with E-state index in [4.69, 9.17) is 4.74 Å². The molecule has 0 radical (unpaired) electrons. The Labute approximate surface area is 259 Å². The number of ether oxygens (including phenoxy) is 1. The maximum Gasteiger partial charge on any atom is 0.136 e. The minimum Gasteiger partial charge on any atom is -0.456 e. The zero-order valence-electron chi connectivity index (χ0n) is 24.1. The van der Waals surface area contributed by atoms with E-state index in [0.29, 0.717) is 5.56 Å². The van der Waals surface area contributed by atoms with Crippen LogP contribution in [0.4, 0.5) is 0 Å². The Balaban J connectivity index is 1.20. The predicted molar refractivity (Wildman–Crippen MR) is 186 cm³/mol. The van der Waals surface area contributed by atoms with Crippen LogP contribution < -0.4 is 4.74 Å². The number of fused-ring (bicyclic) bond motifs is 3. The fourth-order valence-electron chi connectivity index (χ4n) is 7.56. The number of rotatable bonds is 2. The molecule has 2 heteroatoms. The Kier molecular flexibility index (Phi) is 4.82. The fraction of sp³-hybridized carbons (Fsp3) is 0. The molecule has 0 amide bonds. The summed E-state index contributed by atoms with van der Waals surface area (Å²) in [6.07, 6.45) is 0. The second kappa shape index (κ2) is 8.92. The average Bonchev–Trinajstić information content (AvgIpc) is 3.10. The topological polar surface area (TPSA) is 33.0 Å². The van der Waals surface area contributed by atoms with E-state index in [1.54, 1.807) is 0 Å². The summed E-state index contributed by atoms with van der Waals surface area (Å²) >= 11 is 0. The molecule has 0 aromatic heterocycles. The summed E-state index contributed by atoms with van der Waals surface area (Å²) < 4.78 is 6.39. The number of nitriles is 1. The molecular weight excluding hydrogens is 546 g/mol. The van der Waals surface area contributed by atoms with Gasteiger partial charge in [-0.3, -0.25) is 0 Å². The van der Waals surface area contributed by atoms with Crippen molar-refractivity contribution in [3.8, 4) is 50.9 Å². The maximum atomic E-state index is 9.75. The highest BCUT2D eigenvalue weighted by Gasteiger charge is 2.22. The van der Waals surface area contributed by atoms with E-state index in [0.717, 1.165) is 39.0 Å². The van der Waals surface area contributed by atoms with Gasteiger partial charge in [-0.1, -0.05) is 109 Å². The lowest BCUT2D eigenvalue weighted by Gasteiger charge is -2.23. The van der Waals surface area contributed by atoms with E-state index in [-0.39, 0.29) is 0 Å². The quantitative estimate of drug-likeness (QED) is 0.194. The van der Waals surface area contributed by atoms with Gasteiger partial charge < -0.3 is 4.74 Å². The fourth-order valence-corrected chi connectivity index (χ4v) is 7.56. The first-order chi connectivity index (χ1) is 22.2. The molecule has 0 N–H and O–H groups in total. The van der Waals surface area contributed by atoms with Crippen molar-refractivity contribution in [1.82, 2.24) is 0 Å². The highest BCUT2D eigenvalue weighted by Crippen LogP contribution is 2.49. The van der Waals surface area contributed by atoms with Crippen molar-refractivity contribution in [3.63, 3.8) is 0 Å². The van der Waals surface area contributed by atoms with Gasteiger partial charge in [0.1, 0.15) is 11.5 Å². The number of nitrogens with zero attached hydrogens (tertiary/aromatic N) is 1. The molecule has 0 spiro atoms. The van der Waals surface area contributed by atoms with Gasteiger partial charge in [-0.15, -0.1) is 0 Å². The Morgan fingerprint density at radius 1 is 0.400 bits per heavy atom. The smallest absolute Gasteiger partial charge is 0.136 e. The van der Waals surface area contributed by atoms with Gasteiger partial charge in [-0.2, -0.15) is 5.26 Å². The average molecular weight is 570 g/mol. The molecule has 9 aromatic rings. The van der Waals surface area contributed by atoms with Gasteiger partial charge in [-0.05, 0) is 101 Å². The number of hydrogen-bond donors (Lipinski definition) is 0. The molecule has 1 aliphatic rings. The van der Waals surface area contributed by atoms with E-state index in [2.05, 4.69) is 121 Å². The molecule has 0 aliphatic carbocycles. The van der Waals surface area contributed by atoms with Crippen LogP contribution in [0.3, 0.4) is 0 Å². The molecule has 0 unspecified atom stereocenters. The van der Waals surface area contributed by atoms with Gasteiger partial charge in [0, 0.05) is 16.3 Å². The Hall–Kier alpha value is -6.17. The molecule has 1 heterocycles. The summed E-state index contributed by atoms with van der Waals surface area (Å²) in [4.78, 5) is 0. The lowest BCUT2D eigenvalue weighted by molar-refractivity contribution is 0.487. The number of hydrogen-bond acceptors (Lipinski definition) is 2. The summed E-state index contributed by atoms with van der Waals surface area (Å²) in [5.74, 6) is 1.63. The van der Waals surface area contributed by atoms with Gasteiger partial charge in [0.25, 0.3) is 0 Å². The first kappa shape index (κ1) is 24.3. The molecule has 2 nitrogen and oxygen atoms in total.